The number of furan rings is 1. The van der Waals surface area contributed by atoms with Crippen molar-refractivity contribution in [3.8, 4) is 0 Å². The SMILES string of the molecule is Cc1oc(CNCC(C)C(C)C)cc1C(=O)O. The van der Waals surface area contributed by atoms with Gasteiger partial charge in [-0.1, -0.05) is 20.8 Å². The van der Waals surface area contributed by atoms with E-state index in [4.69, 9.17) is 9.52 Å². The molecule has 0 saturated heterocycles. The molecule has 0 amide bonds. The maximum absolute atomic E-state index is 10.8. The van der Waals surface area contributed by atoms with E-state index in [0.717, 1.165) is 6.54 Å². The molecule has 1 rings (SSSR count). The van der Waals surface area contributed by atoms with Gasteiger partial charge in [0.1, 0.15) is 17.1 Å². The van der Waals surface area contributed by atoms with Crippen LogP contribution in [-0.4, -0.2) is 17.6 Å². The minimum atomic E-state index is -0.937. The summed E-state index contributed by atoms with van der Waals surface area (Å²) in [6, 6.07) is 1.59. The van der Waals surface area contributed by atoms with Gasteiger partial charge in [0.25, 0.3) is 0 Å². The normalized spacial score (nSPS) is 13.0. The van der Waals surface area contributed by atoms with Crippen LogP contribution in [0.15, 0.2) is 10.5 Å². The lowest BCUT2D eigenvalue weighted by Gasteiger charge is -2.15. The van der Waals surface area contributed by atoms with Gasteiger partial charge in [-0.05, 0) is 31.4 Å². The first-order chi connectivity index (χ1) is 7.91. The molecule has 0 spiro atoms. The monoisotopic (exact) mass is 239 g/mol. The average Bonchev–Trinajstić information content (AvgIpc) is 2.59. The van der Waals surface area contributed by atoms with Crippen molar-refractivity contribution in [2.75, 3.05) is 6.54 Å². The van der Waals surface area contributed by atoms with Gasteiger partial charge < -0.3 is 14.8 Å². The molecule has 0 aliphatic heterocycles. The van der Waals surface area contributed by atoms with Crippen LogP contribution < -0.4 is 5.32 Å². The lowest BCUT2D eigenvalue weighted by Crippen LogP contribution is -2.23. The maximum atomic E-state index is 10.8. The highest BCUT2D eigenvalue weighted by Gasteiger charge is 2.13. The standard InChI is InChI=1S/C13H21NO3/c1-8(2)9(3)6-14-7-11-5-12(13(15)16)10(4)17-11/h5,8-9,14H,6-7H2,1-4H3,(H,15,16). The van der Waals surface area contributed by atoms with Crippen LogP contribution in [0, 0.1) is 18.8 Å². The third-order valence-electron chi connectivity index (χ3n) is 3.10. The number of carboxylic acids is 1. The zero-order valence-electron chi connectivity index (χ0n) is 10.9. The fraction of sp³-hybridized carbons (Fsp3) is 0.615. The van der Waals surface area contributed by atoms with E-state index in [1.54, 1.807) is 13.0 Å². The molecule has 17 heavy (non-hydrogen) atoms. The van der Waals surface area contributed by atoms with Crippen molar-refractivity contribution in [3.63, 3.8) is 0 Å². The molecule has 1 unspecified atom stereocenters. The van der Waals surface area contributed by atoms with Gasteiger partial charge in [-0.25, -0.2) is 4.79 Å². The molecule has 0 saturated carbocycles. The molecule has 0 aliphatic carbocycles. The van der Waals surface area contributed by atoms with Crippen molar-refractivity contribution < 1.29 is 14.3 Å². The Morgan fingerprint density at radius 1 is 1.47 bits per heavy atom. The Morgan fingerprint density at radius 2 is 2.12 bits per heavy atom. The Labute approximate surface area is 102 Å². The number of rotatable bonds is 6. The Morgan fingerprint density at radius 3 is 2.59 bits per heavy atom. The van der Waals surface area contributed by atoms with E-state index in [1.807, 2.05) is 0 Å². The Balaban J connectivity index is 2.48. The van der Waals surface area contributed by atoms with Crippen molar-refractivity contribution in [1.29, 1.82) is 0 Å². The summed E-state index contributed by atoms with van der Waals surface area (Å²) >= 11 is 0. The van der Waals surface area contributed by atoms with Crippen LogP contribution in [-0.2, 0) is 6.54 Å². The average molecular weight is 239 g/mol. The quantitative estimate of drug-likeness (QED) is 0.801. The Kier molecular flexibility index (Phi) is 4.75. The molecule has 0 aliphatic rings. The highest BCUT2D eigenvalue weighted by molar-refractivity contribution is 5.88. The molecule has 0 aromatic carbocycles. The van der Waals surface area contributed by atoms with Crippen molar-refractivity contribution in [2.24, 2.45) is 11.8 Å². The van der Waals surface area contributed by atoms with E-state index >= 15 is 0 Å². The fourth-order valence-corrected chi connectivity index (χ4v) is 1.50. The number of hydrogen-bond donors (Lipinski definition) is 2. The minimum absolute atomic E-state index is 0.249. The van der Waals surface area contributed by atoms with Gasteiger partial charge in [0.15, 0.2) is 0 Å². The zero-order chi connectivity index (χ0) is 13.0. The maximum Gasteiger partial charge on any atom is 0.339 e. The van der Waals surface area contributed by atoms with E-state index < -0.39 is 5.97 Å². The van der Waals surface area contributed by atoms with Crippen LogP contribution >= 0.6 is 0 Å². The van der Waals surface area contributed by atoms with Crippen LogP contribution in [0.2, 0.25) is 0 Å². The van der Waals surface area contributed by atoms with Gasteiger partial charge in [0.2, 0.25) is 0 Å². The Bertz CT molecular complexity index is 382. The largest absolute Gasteiger partial charge is 0.478 e. The second-order valence-electron chi connectivity index (χ2n) is 4.84. The number of hydrogen-bond acceptors (Lipinski definition) is 3. The van der Waals surface area contributed by atoms with Crippen molar-refractivity contribution in [3.05, 3.63) is 23.2 Å². The van der Waals surface area contributed by atoms with Crippen LogP contribution in [0.3, 0.4) is 0 Å². The number of aryl methyl sites for hydroxylation is 1. The molecule has 1 aromatic heterocycles. The van der Waals surface area contributed by atoms with Crippen molar-refractivity contribution in [2.45, 2.75) is 34.2 Å². The van der Waals surface area contributed by atoms with Crippen LogP contribution in [0.25, 0.3) is 0 Å². The number of carboxylic acid groups (broad SMARTS) is 1. The summed E-state index contributed by atoms with van der Waals surface area (Å²) in [4.78, 5) is 10.8. The predicted octanol–water partition coefficient (Wildman–Crippen LogP) is 2.67. The van der Waals surface area contributed by atoms with Gasteiger partial charge >= 0.3 is 5.97 Å². The van der Waals surface area contributed by atoms with Crippen LogP contribution in [0.5, 0.6) is 0 Å². The van der Waals surface area contributed by atoms with E-state index in [2.05, 4.69) is 26.1 Å². The molecule has 0 bridgehead atoms. The zero-order valence-corrected chi connectivity index (χ0v) is 10.9. The first kappa shape index (κ1) is 13.8. The summed E-state index contributed by atoms with van der Waals surface area (Å²) in [6.07, 6.45) is 0. The second kappa shape index (κ2) is 5.87. The molecule has 2 N–H and O–H groups in total. The third-order valence-corrected chi connectivity index (χ3v) is 3.10. The van der Waals surface area contributed by atoms with Gasteiger partial charge in [-0.3, -0.25) is 0 Å². The van der Waals surface area contributed by atoms with Gasteiger partial charge in [-0.2, -0.15) is 0 Å². The third kappa shape index (κ3) is 3.89. The summed E-state index contributed by atoms with van der Waals surface area (Å²) in [5.41, 5.74) is 0.249. The van der Waals surface area contributed by atoms with Crippen molar-refractivity contribution in [1.82, 2.24) is 5.32 Å². The van der Waals surface area contributed by atoms with E-state index in [0.29, 0.717) is 29.9 Å². The van der Waals surface area contributed by atoms with E-state index in [9.17, 15) is 4.79 Å². The Hall–Kier alpha value is -1.29. The molecule has 0 radical (unpaired) electrons. The number of nitrogens with one attached hydrogen (secondary N) is 1. The molecule has 1 heterocycles. The summed E-state index contributed by atoms with van der Waals surface area (Å²) in [5, 5.41) is 12.2. The number of carbonyl (C=O) groups is 1. The minimum Gasteiger partial charge on any atom is -0.478 e. The smallest absolute Gasteiger partial charge is 0.339 e. The van der Waals surface area contributed by atoms with Gasteiger partial charge in [-0.15, -0.1) is 0 Å². The topological polar surface area (TPSA) is 62.5 Å². The molecule has 4 heteroatoms. The van der Waals surface area contributed by atoms with E-state index in [-0.39, 0.29) is 5.56 Å². The highest BCUT2D eigenvalue weighted by Crippen LogP contribution is 2.15. The molecule has 0 fully saturated rings. The lowest BCUT2D eigenvalue weighted by atomic mass is 9.98. The van der Waals surface area contributed by atoms with E-state index in [1.165, 1.54) is 0 Å². The lowest BCUT2D eigenvalue weighted by molar-refractivity contribution is 0.0695. The van der Waals surface area contributed by atoms with Gasteiger partial charge in [0, 0.05) is 0 Å². The predicted molar refractivity (Wildman–Crippen MR) is 66.1 cm³/mol. The second-order valence-corrected chi connectivity index (χ2v) is 4.84. The highest BCUT2D eigenvalue weighted by atomic mass is 16.4. The summed E-state index contributed by atoms with van der Waals surface area (Å²) < 4.78 is 5.37. The fourth-order valence-electron chi connectivity index (χ4n) is 1.50. The molecule has 1 aromatic rings. The molecule has 1 atom stereocenters. The first-order valence-electron chi connectivity index (χ1n) is 5.95. The molecule has 96 valence electrons. The summed E-state index contributed by atoms with van der Waals surface area (Å²) in [5.74, 6) is 1.43. The molecule has 4 nitrogen and oxygen atoms in total. The number of aromatic carboxylic acids is 1. The van der Waals surface area contributed by atoms with Crippen molar-refractivity contribution >= 4 is 5.97 Å². The van der Waals surface area contributed by atoms with Crippen LogP contribution in [0.4, 0.5) is 0 Å². The first-order valence-corrected chi connectivity index (χ1v) is 5.95. The summed E-state index contributed by atoms with van der Waals surface area (Å²) in [7, 11) is 0. The molecular weight excluding hydrogens is 218 g/mol. The van der Waals surface area contributed by atoms with Crippen LogP contribution in [0.1, 0.15) is 42.6 Å². The molecular formula is C13H21NO3. The summed E-state index contributed by atoms with van der Waals surface area (Å²) in [6.45, 7) is 9.71. The van der Waals surface area contributed by atoms with Gasteiger partial charge in [0.05, 0.1) is 6.54 Å².